The summed E-state index contributed by atoms with van der Waals surface area (Å²) in [5.41, 5.74) is -0.0681. The maximum Gasteiger partial charge on any atom is 0.428 e. The third kappa shape index (κ3) is 2.76. The number of nitriles is 1. The van der Waals surface area contributed by atoms with Crippen molar-refractivity contribution in [1.82, 2.24) is 15.0 Å². The summed E-state index contributed by atoms with van der Waals surface area (Å²) in [6.07, 6.45) is 4.10. The predicted octanol–water partition coefficient (Wildman–Crippen LogP) is 1.64. The quantitative estimate of drug-likeness (QED) is 0.414. The van der Waals surface area contributed by atoms with Gasteiger partial charge in [-0.2, -0.15) is 5.26 Å². The number of hydrogen-bond acceptors (Lipinski definition) is 5. The molecule has 0 aliphatic heterocycles. The van der Waals surface area contributed by atoms with E-state index in [4.69, 9.17) is 5.26 Å². The van der Waals surface area contributed by atoms with Crippen LogP contribution in [0.2, 0.25) is 0 Å². The molecule has 0 saturated heterocycles. The van der Waals surface area contributed by atoms with Crippen LogP contribution in [0.15, 0.2) is 0 Å². The van der Waals surface area contributed by atoms with Crippen LogP contribution in [0.3, 0.4) is 0 Å². The number of rotatable bonds is 6. The number of nitro groups is 1. The van der Waals surface area contributed by atoms with E-state index in [1.807, 2.05) is 0 Å². The summed E-state index contributed by atoms with van der Waals surface area (Å²) in [6, 6.07) is 1.76. The average Bonchev–Trinajstić information content (AvgIpc) is 2.67. The lowest BCUT2D eigenvalue weighted by Gasteiger charge is -1.99. The molecule has 7 heteroatoms. The monoisotopic (exact) mass is 223 g/mol. The van der Waals surface area contributed by atoms with Crippen molar-refractivity contribution in [2.45, 2.75) is 39.2 Å². The first-order chi connectivity index (χ1) is 7.70. The molecule has 1 rings (SSSR count). The lowest BCUT2D eigenvalue weighted by molar-refractivity contribution is -0.389. The van der Waals surface area contributed by atoms with E-state index in [2.05, 4.69) is 17.2 Å². The molecule has 0 aliphatic carbocycles. The number of hydrogen-bond donors (Lipinski definition) is 0. The fourth-order valence-corrected chi connectivity index (χ4v) is 1.38. The third-order valence-electron chi connectivity index (χ3n) is 2.22. The van der Waals surface area contributed by atoms with Crippen LogP contribution in [0, 0.1) is 21.4 Å². The van der Waals surface area contributed by atoms with Gasteiger partial charge in [0.1, 0.15) is 11.2 Å². The largest absolute Gasteiger partial charge is 0.428 e. The van der Waals surface area contributed by atoms with Gasteiger partial charge in [-0.05, 0) is 11.3 Å². The first kappa shape index (κ1) is 12.1. The highest BCUT2D eigenvalue weighted by molar-refractivity contribution is 5.35. The molecule has 0 bridgehead atoms. The van der Waals surface area contributed by atoms with E-state index in [0.717, 1.165) is 25.7 Å². The molecule has 1 aromatic heterocycles. The van der Waals surface area contributed by atoms with Gasteiger partial charge in [-0.1, -0.05) is 26.2 Å². The smallest absolute Gasteiger partial charge is 0.358 e. The molecule has 0 aromatic carbocycles. The van der Waals surface area contributed by atoms with Crippen LogP contribution >= 0.6 is 0 Å². The third-order valence-corrected chi connectivity index (χ3v) is 2.22. The summed E-state index contributed by atoms with van der Waals surface area (Å²) in [6.45, 7) is 2.60. The Morgan fingerprint density at radius 3 is 2.81 bits per heavy atom. The van der Waals surface area contributed by atoms with Crippen LogP contribution in [-0.4, -0.2) is 19.9 Å². The van der Waals surface area contributed by atoms with E-state index in [0.29, 0.717) is 6.54 Å². The number of aryl methyl sites for hydroxylation is 1. The highest BCUT2D eigenvalue weighted by Crippen LogP contribution is 2.13. The topological polar surface area (TPSA) is 97.6 Å². The van der Waals surface area contributed by atoms with Crippen molar-refractivity contribution in [1.29, 1.82) is 5.26 Å². The van der Waals surface area contributed by atoms with Gasteiger partial charge in [0.15, 0.2) is 0 Å². The highest BCUT2D eigenvalue weighted by Gasteiger charge is 2.23. The molecule has 86 valence electrons. The summed E-state index contributed by atoms with van der Waals surface area (Å²) < 4.78 is 1.30. The Hall–Kier alpha value is -1.97. The van der Waals surface area contributed by atoms with E-state index in [-0.39, 0.29) is 5.69 Å². The van der Waals surface area contributed by atoms with Crippen LogP contribution in [0.25, 0.3) is 0 Å². The fourth-order valence-electron chi connectivity index (χ4n) is 1.38. The molecule has 0 amide bonds. The predicted molar refractivity (Wildman–Crippen MR) is 55.5 cm³/mol. The molecule has 0 N–H and O–H groups in total. The standard InChI is InChI=1S/C9H13N5O2/c1-2-3-4-5-6-13-8(7-10)9(11-12-13)14(15)16/h2-6H2,1H3. The van der Waals surface area contributed by atoms with Crippen LogP contribution in [0.1, 0.15) is 38.3 Å². The maximum absolute atomic E-state index is 10.5. The van der Waals surface area contributed by atoms with Crippen molar-refractivity contribution in [2.24, 2.45) is 0 Å². The van der Waals surface area contributed by atoms with E-state index in [1.165, 1.54) is 4.68 Å². The molecule has 1 heterocycles. The minimum atomic E-state index is -0.686. The molecular weight excluding hydrogens is 210 g/mol. The molecule has 0 fully saturated rings. The van der Waals surface area contributed by atoms with Crippen molar-refractivity contribution in [3.63, 3.8) is 0 Å². The van der Waals surface area contributed by atoms with Gasteiger partial charge in [0, 0.05) is 6.54 Å². The van der Waals surface area contributed by atoms with Gasteiger partial charge in [-0.15, -0.1) is 0 Å². The Kier molecular flexibility index (Phi) is 4.39. The summed E-state index contributed by atoms with van der Waals surface area (Å²) in [4.78, 5) is 9.82. The van der Waals surface area contributed by atoms with Crippen LogP contribution in [-0.2, 0) is 6.54 Å². The van der Waals surface area contributed by atoms with Crippen molar-refractivity contribution in [3.05, 3.63) is 15.8 Å². The highest BCUT2D eigenvalue weighted by atomic mass is 16.6. The zero-order valence-corrected chi connectivity index (χ0v) is 9.09. The van der Waals surface area contributed by atoms with Crippen LogP contribution < -0.4 is 0 Å². The van der Waals surface area contributed by atoms with E-state index < -0.39 is 10.7 Å². The van der Waals surface area contributed by atoms with Gasteiger partial charge in [0.05, 0.1) is 5.21 Å². The van der Waals surface area contributed by atoms with Gasteiger partial charge in [-0.25, -0.2) is 4.68 Å². The summed E-state index contributed by atoms with van der Waals surface area (Å²) in [7, 11) is 0. The lowest BCUT2D eigenvalue weighted by atomic mass is 10.2. The summed E-state index contributed by atoms with van der Waals surface area (Å²) in [5.74, 6) is -0.460. The normalized spacial score (nSPS) is 10.0. The van der Waals surface area contributed by atoms with E-state index in [9.17, 15) is 10.1 Å². The molecule has 7 nitrogen and oxygen atoms in total. The molecule has 16 heavy (non-hydrogen) atoms. The summed E-state index contributed by atoms with van der Waals surface area (Å²) in [5, 5.41) is 26.3. The average molecular weight is 223 g/mol. The molecule has 0 unspecified atom stereocenters. The van der Waals surface area contributed by atoms with Crippen molar-refractivity contribution < 1.29 is 4.92 Å². The number of nitrogens with zero attached hydrogens (tertiary/aromatic N) is 5. The SMILES string of the molecule is CCCCCCn1nnc([N+](=O)[O-])c1C#N. The second-order valence-corrected chi connectivity index (χ2v) is 3.41. The number of aromatic nitrogens is 3. The van der Waals surface area contributed by atoms with Gasteiger partial charge < -0.3 is 10.1 Å². The first-order valence-electron chi connectivity index (χ1n) is 5.18. The van der Waals surface area contributed by atoms with Gasteiger partial charge in [0.2, 0.25) is 5.69 Å². The molecule has 0 saturated carbocycles. The van der Waals surface area contributed by atoms with E-state index in [1.54, 1.807) is 6.07 Å². The Bertz CT molecular complexity index is 407. The Labute approximate surface area is 92.8 Å². The zero-order chi connectivity index (χ0) is 12.0. The molecule has 0 aliphatic rings. The molecule has 0 atom stereocenters. The Balaban J connectivity index is 2.67. The molecular formula is C9H13N5O2. The first-order valence-corrected chi connectivity index (χ1v) is 5.18. The van der Waals surface area contributed by atoms with E-state index >= 15 is 0 Å². The fraction of sp³-hybridized carbons (Fsp3) is 0.667. The van der Waals surface area contributed by atoms with Crippen molar-refractivity contribution in [3.8, 4) is 6.07 Å². The maximum atomic E-state index is 10.5. The van der Waals surface area contributed by atoms with Gasteiger partial charge in [-0.3, -0.25) is 0 Å². The van der Waals surface area contributed by atoms with Crippen LogP contribution in [0.5, 0.6) is 0 Å². The minimum absolute atomic E-state index is 0.0681. The minimum Gasteiger partial charge on any atom is -0.358 e. The Morgan fingerprint density at radius 2 is 2.25 bits per heavy atom. The number of unbranched alkanes of at least 4 members (excludes halogenated alkanes) is 3. The molecule has 1 aromatic rings. The Morgan fingerprint density at radius 1 is 1.50 bits per heavy atom. The van der Waals surface area contributed by atoms with Crippen LogP contribution in [0.4, 0.5) is 5.82 Å². The van der Waals surface area contributed by atoms with Crippen molar-refractivity contribution >= 4 is 5.82 Å². The second-order valence-electron chi connectivity index (χ2n) is 3.41. The lowest BCUT2D eigenvalue weighted by Crippen LogP contribution is -2.03. The molecule has 0 spiro atoms. The summed E-state index contributed by atoms with van der Waals surface area (Å²) >= 11 is 0. The van der Waals surface area contributed by atoms with Gasteiger partial charge >= 0.3 is 5.82 Å². The molecule has 0 radical (unpaired) electrons. The second kappa shape index (κ2) is 5.80. The van der Waals surface area contributed by atoms with Crippen molar-refractivity contribution in [2.75, 3.05) is 0 Å². The van der Waals surface area contributed by atoms with Gasteiger partial charge in [0.25, 0.3) is 0 Å². The zero-order valence-electron chi connectivity index (χ0n) is 9.09.